The van der Waals surface area contributed by atoms with E-state index in [1.54, 1.807) is 51.1 Å². The number of esters is 1. The van der Waals surface area contributed by atoms with Gasteiger partial charge in [0.25, 0.3) is 5.91 Å². The lowest BCUT2D eigenvalue weighted by Crippen LogP contribution is -2.43. The second-order valence-corrected chi connectivity index (χ2v) is 6.85. The van der Waals surface area contributed by atoms with E-state index >= 15 is 0 Å². The molecule has 0 bridgehead atoms. The molecule has 7 heteroatoms. The summed E-state index contributed by atoms with van der Waals surface area (Å²) in [5, 5.41) is 0.518. The average molecular weight is 403 g/mol. The number of H-pyrrole nitrogens is 1. The van der Waals surface area contributed by atoms with Crippen LogP contribution in [-0.4, -0.2) is 47.2 Å². The number of carbonyl (C=O) groups is 3. The van der Waals surface area contributed by atoms with Crippen molar-refractivity contribution in [2.75, 3.05) is 13.7 Å². The standard InChI is InChI=1S/C21H23ClN2O4/c1-6-11-24(20(26)15-7-9-16(22)10-8-15)14(4)19(25)17-12(2)18(21(27)28-5)23-13(17)3/h6-10,14,23H,1,11H2,2-5H3/t14-/m0/s1. The highest BCUT2D eigenvalue weighted by Crippen LogP contribution is 2.23. The molecule has 0 unspecified atom stereocenters. The van der Waals surface area contributed by atoms with Gasteiger partial charge in [0, 0.05) is 28.4 Å². The zero-order valence-electron chi connectivity index (χ0n) is 16.3. The van der Waals surface area contributed by atoms with Crippen LogP contribution >= 0.6 is 11.6 Å². The fourth-order valence-corrected chi connectivity index (χ4v) is 3.22. The van der Waals surface area contributed by atoms with Crippen molar-refractivity contribution in [3.05, 3.63) is 70.0 Å². The number of rotatable bonds is 7. The first-order valence-electron chi connectivity index (χ1n) is 8.72. The van der Waals surface area contributed by atoms with Crippen LogP contribution in [0.4, 0.5) is 0 Å². The van der Waals surface area contributed by atoms with Crippen LogP contribution in [0.5, 0.6) is 0 Å². The predicted octanol–water partition coefficient (Wildman–Crippen LogP) is 3.97. The summed E-state index contributed by atoms with van der Waals surface area (Å²) in [6, 6.07) is 5.70. The molecule has 2 rings (SSSR count). The van der Waals surface area contributed by atoms with Crippen molar-refractivity contribution in [1.82, 2.24) is 9.88 Å². The van der Waals surface area contributed by atoms with Crippen LogP contribution in [0.3, 0.4) is 0 Å². The Morgan fingerprint density at radius 3 is 2.39 bits per heavy atom. The third-order valence-electron chi connectivity index (χ3n) is 4.60. The third kappa shape index (κ3) is 4.17. The Balaban J connectivity index is 2.39. The number of nitrogens with one attached hydrogen (secondary N) is 1. The predicted molar refractivity (Wildman–Crippen MR) is 108 cm³/mol. The Morgan fingerprint density at radius 1 is 1.25 bits per heavy atom. The third-order valence-corrected chi connectivity index (χ3v) is 4.85. The highest BCUT2D eigenvalue weighted by molar-refractivity contribution is 6.30. The number of aryl methyl sites for hydroxylation is 1. The van der Waals surface area contributed by atoms with Gasteiger partial charge in [-0.15, -0.1) is 6.58 Å². The van der Waals surface area contributed by atoms with Gasteiger partial charge in [-0.25, -0.2) is 4.79 Å². The minimum atomic E-state index is -0.764. The van der Waals surface area contributed by atoms with Crippen molar-refractivity contribution < 1.29 is 19.1 Å². The van der Waals surface area contributed by atoms with Gasteiger partial charge in [-0.1, -0.05) is 17.7 Å². The van der Waals surface area contributed by atoms with Crippen molar-refractivity contribution in [1.29, 1.82) is 0 Å². The maximum atomic E-state index is 13.2. The summed E-state index contributed by atoms with van der Waals surface area (Å²) in [5.41, 5.74) is 2.08. The van der Waals surface area contributed by atoms with Gasteiger partial charge in [0.15, 0.2) is 5.78 Å². The fraction of sp³-hybridized carbons (Fsp3) is 0.286. The van der Waals surface area contributed by atoms with Gasteiger partial charge in [-0.05, 0) is 50.6 Å². The van der Waals surface area contributed by atoms with Crippen molar-refractivity contribution >= 4 is 29.3 Å². The van der Waals surface area contributed by atoms with Crippen LogP contribution in [0.15, 0.2) is 36.9 Å². The van der Waals surface area contributed by atoms with E-state index in [4.69, 9.17) is 16.3 Å². The summed E-state index contributed by atoms with van der Waals surface area (Å²) in [5.74, 6) is -1.13. The summed E-state index contributed by atoms with van der Waals surface area (Å²) >= 11 is 5.89. The topological polar surface area (TPSA) is 79.5 Å². The number of aromatic amines is 1. The average Bonchev–Trinajstić information content (AvgIpc) is 2.98. The highest BCUT2D eigenvalue weighted by atomic mass is 35.5. The molecule has 1 aromatic carbocycles. The van der Waals surface area contributed by atoms with Crippen molar-refractivity contribution in [2.24, 2.45) is 0 Å². The molecule has 1 aromatic heterocycles. The summed E-state index contributed by atoms with van der Waals surface area (Å²) in [4.78, 5) is 42.4. The number of aromatic nitrogens is 1. The molecule has 1 atom stereocenters. The number of methoxy groups -OCH3 is 1. The molecule has 148 valence electrons. The smallest absolute Gasteiger partial charge is 0.354 e. The van der Waals surface area contributed by atoms with Crippen LogP contribution in [0.2, 0.25) is 5.02 Å². The lowest BCUT2D eigenvalue weighted by Gasteiger charge is -2.27. The lowest BCUT2D eigenvalue weighted by atomic mass is 9.99. The highest BCUT2D eigenvalue weighted by Gasteiger charge is 2.31. The summed E-state index contributed by atoms with van der Waals surface area (Å²) in [7, 11) is 1.28. The summed E-state index contributed by atoms with van der Waals surface area (Å²) in [6.07, 6.45) is 1.56. The molecule has 0 aliphatic carbocycles. The summed E-state index contributed by atoms with van der Waals surface area (Å²) in [6.45, 7) is 8.92. The Labute approximate surface area is 169 Å². The first-order valence-corrected chi connectivity index (χ1v) is 9.09. The number of carbonyl (C=O) groups excluding carboxylic acids is 3. The van der Waals surface area contributed by atoms with Gasteiger partial charge < -0.3 is 14.6 Å². The minimum Gasteiger partial charge on any atom is -0.464 e. The Hall–Kier alpha value is -2.86. The van der Waals surface area contributed by atoms with Gasteiger partial charge in [-0.3, -0.25) is 9.59 Å². The molecule has 0 spiro atoms. The van der Waals surface area contributed by atoms with E-state index in [1.165, 1.54) is 12.0 Å². The molecule has 0 fully saturated rings. The lowest BCUT2D eigenvalue weighted by molar-refractivity contribution is 0.0593. The molecular weight excluding hydrogens is 380 g/mol. The molecule has 1 amide bonds. The second kappa shape index (κ2) is 8.89. The molecule has 0 saturated heterocycles. The largest absolute Gasteiger partial charge is 0.464 e. The van der Waals surface area contributed by atoms with Gasteiger partial charge in [0.2, 0.25) is 0 Å². The van der Waals surface area contributed by atoms with Crippen LogP contribution in [0, 0.1) is 13.8 Å². The van der Waals surface area contributed by atoms with Crippen LogP contribution in [0.25, 0.3) is 0 Å². The Kier molecular flexibility index (Phi) is 6.80. The number of Topliss-reactive ketones (excluding diaryl/α,β-unsaturated/α-hetero) is 1. The number of hydrogen-bond donors (Lipinski definition) is 1. The summed E-state index contributed by atoms with van der Waals surface area (Å²) < 4.78 is 4.75. The molecule has 0 saturated carbocycles. The van der Waals surface area contributed by atoms with E-state index in [1.807, 2.05) is 0 Å². The number of amides is 1. The molecule has 28 heavy (non-hydrogen) atoms. The fourth-order valence-electron chi connectivity index (χ4n) is 3.09. The number of ketones is 1. The number of ether oxygens (including phenoxy) is 1. The van der Waals surface area contributed by atoms with Gasteiger partial charge in [0.05, 0.1) is 13.2 Å². The number of hydrogen-bond acceptors (Lipinski definition) is 4. The van der Waals surface area contributed by atoms with Gasteiger partial charge >= 0.3 is 5.97 Å². The van der Waals surface area contributed by atoms with Gasteiger partial charge in [0.1, 0.15) is 5.69 Å². The second-order valence-electron chi connectivity index (χ2n) is 6.41. The molecule has 0 aliphatic heterocycles. The monoisotopic (exact) mass is 402 g/mol. The van der Waals surface area contributed by atoms with Crippen LogP contribution < -0.4 is 0 Å². The van der Waals surface area contributed by atoms with E-state index in [0.717, 1.165) is 0 Å². The number of halogens is 1. The van der Waals surface area contributed by atoms with E-state index in [-0.39, 0.29) is 23.9 Å². The molecule has 1 N–H and O–H groups in total. The quantitative estimate of drug-likeness (QED) is 0.431. The maximum Gasteiger partial charge on any atom is 0.354 e. The number of nitrogens with zero attached hydrogens (tertiary/aromatic N) is 1. The normalized spacial score (nSPS) is 11.6. The number of benzene rings is 1. The molecule has 6 nitrogen and oxygen atoms in total. The van der Waals surface area contributed by atoms with E-state index in [2.05, 4.69) is 11.6 Å². The SMILES string of the molecule is C=CCN(C(=O)c1ccc(Cl)cc1)[C@@H](C)C(=O)c1c(C)[nH]c(C(=O)OC)c1C. The van der Waals surface area contributed by atoms with Crippen LogP contribution in [-0.2, 0) is 4.74 Å². The van der Waals surface area contributed by atoms with Crippen LogP contribution in [0.1, 0.15) is 49.4 Å². The van der Waals surface area contributed by atoms with Gasteiger partial charge in [-0.2, -0.15) is 0 Å². The minimum absolute atomic E-state index is 0.195. The maximum absolute atomic E-state index is 13.2. The molecule has 0 radical (unpaired) electrons. The molecular formula is C21H23ClN2O4. The zero-order chi connectivity index (χ0) is 21.0. The van der Waals surface area contributed by atoms with Crippen molar-refractivity contribution in [2.45, 2.75) is 26.8 Å². The molecule has 1 heterocycles. The Bertz CT molecular complexity index is 915. The zero-order valence-corrected chi connectivity index (χ0v) is 17.1. The molecule has 2 aromatic rings. The molecule has 0 aliphatic rings. The van der Waals surface area contributed by atoms with E-state index in [9.17, 15) is 14.4 Å². The van der Waals surface area contributed by atoms with E-state index < -0.39 is 12.0 Å². The van der Waals surface area contributed by atoms with Crippen molar-refractivity contribution in [3.63, 3.8) is 0 Å². The van der Waals surface area contributed by atoms with Crippen molar-refractivity contribution in [3.8, 4) is 0 Å². The van der Waals surface area contributed by atoms with E-state index in [0.29, 0.717) is 27.4 Å². The first-order chi connectivity index (χ1) is 13.2. The Morgan fingerprint density at radius 2 is 1.86 bits per heavy atom. The first kappa shape index (κ1) is 21.4.